The molecule has 6 rings (SSSR count). The molecule has 9 nitrogen and oxygen atoms in total. The lowest BCUT2D eigenvalue weighted by Gasteiger charge is -2.26. The molecule has 2 aliphatic heterocycles. The molecule has 0 aliphatic carbocycles. The average molecular weight is 516 g/mol. The van der Waals surface area contributed by atoms with Crippen molar-refractivity contribution in [3.8, 4) is 11.5 Å². The number of benzene rings is 2. The lowest BCUT2D eigenvalue weighted by molar-refractivity contribution is -0.141. The zero-order valence-electron chi connectivity index (χ0n) is 21.9. The van der Waals surface area contributed by atoms with Crippen LogP contribution in [0.1, 0.15) is 39.5 Å². The van der Waals surface area contributed by atoms with Gasteiger partial charge in [-0.05, 0) is 51.0 Å². The van der Waals surface area contributed by atoms with Gasteiger partial charge in [0, 0.05) is 18.5 Å². The van der Waals surface area contributed by atoms with Gasteiger partial charge in [0.05, 0.1) is 31.0 Å². The fraction of sp³-hybridized carbons (Fsp3) is 0.448. The van der Waals surface area contributed by atoms with E-state index in [1.165, 1.54) is 0 Å². The second-order valence-electron chi connectivity index (χ2n) is 10.3. The van der Waals surface area contributed by atoms with Gasteiger partial charge in [-0.25, -0.2) is 15.0 Å². The molecule has 0 N–H and O–H groups in total. The van der Waals surface area contributed by atoms with Crippen molar-refractivity contribution in [3.63, 3.8) is 0 Å². The number of hydrogen-bond donors (Lipinski definition) is 0. The van der Waals surface area contributed by atoms with Gasteiger partial charge >= 0.3 is 5.97 Å². The van der Waals surface area contributed by atoms with Gasteiger partial charge in [-0.3, -0.25) is 4.79 Å². The topological polar surface area (TPSA) is 91.6 Å². The molecular weight excluding hydrogens is 482 g/mol. The van der Waals surface area contributed by atoms with Crippen LogP contribution in [0.2, 0.25) is 0 Å². The minimum absolute atomic E-state index is 0.0465. The van der Waals surface area contributed by atoms with Crippen LogP contribution in [0.15, 0.2) is 49.1 Å². The largest absolute Gasteiger partial charge is 0.487 e. The average Bonchev–Trinajstić information content (AvgIpc) is 3.66. The summed E-state index contributed by atoms with van der Waals surface area (Å²) in [4.78, 5) is 28.0. The number of cyclic esters (lactones) is 1. The monoisotopic (exact) mass is 515 g/mol. The van der Waals surface area contributed by atoms with E-state index in [9.17, 15) is 4.79 Å². The van der Waals surface area contributed by atoms with Gasteiger partial charge in [0.1, 0.15) is 12.9 Å². The molecule has 2 atom stereocenters. The molecule has 0 radical (unpaired) electrons. The quantitative estimate of drug-likeness (QED) is 0.295. The third kappa shape index (κ3) is 4.73. The van der Waals surface area contributed by atoms with Crippen LogP contribution in [0.4, 0.5) is 5.82 Å². The van der Waals surface area contributed by atoms with E-state index in [0.29, 0.717) is 19.8 Å². The zero-order valence-corrected chi connectivity index (χ0v) is 21.9. The molecule has 38 heavy (non-hydrogen) atoms. The number of imidazole rings is 1. The van der Waals surface area contributed by atoms with E-state index in [1.807, 2.05) is 36.6 Å². The van der Waals surface area contributed by atoms with Crippen LogP contribution in [0.25, 0.3) is 21.9 Å². The molecule has 4 heterocycles. The molecule has 0 amide bonds. The fourth-order valence-corrected chi connectivity index (χ4v) is 5.52. The minimum Gasteiger partial charge on any atom is -0.487 e. The molecule has 0 saturated carbocycles. The fourth-order valence-electron chi connectivity index (χ4n) is 5.52. The number of nitrogens with zero attached hydrogens (tertiary/aromatic N) is 5. The van der Waals surface area contributed by atoms with Crippen LogP contribution in [0, 0.1) is 5.92 Å². The molecule has 0 spiro atoms. The lowest BCUT2D eigenvalue weighted by atomic mass is 10.0. The number of fused-ring (bicyclic) bond motifs is 2. The minimum atomic E-state index is -0.0993. The molecule has 2 fully saturated rings. The van der Waals surface area contributed by atoms with Crippen LogP contribution in [0.5, 0.6) is 11.5 Å². The highest BCUT2D eigenvalue weighted by Gasteiger charge is 2.30. The maximum atomic E-state index is 11.9. The van der Waals surface area contributed by atoms with Crippen LogP contribution >= 0.6 is 0 Å². The van der Waals surface area contributed by atoms with E-state index in [4.69, 9.17) is 14.2 Å². The molecule has 2 aromatic carbocycles. The van der Waals surface area contributed by atoms with Crippen molar-refractivity contribution in [1.29, 1.82) is 0 Å². The number of esters is 1. The number of ether oxygens (including phenoxy) is 3. The van der Waals surface area contributed by atoms with Gasteiger partial charge in [-0.2, -0.15) is 0 Å². The van der Waals surface area contributed by atoms with E-state index in [-0.39, 0.29) is 24.0 Å². The van der Waals surface area contributed by atoms with E-state index in [0.717, 1.165) is 71.5 Å². The van der Waals surface area contributed by atoms with Crippen molar-refractivity contribution < 1.29 is 19.0 Å². The van der Waals surface area contributed by atoms with Crippen LogP contribution < -0.4 is 14.4 Å². The van der Waals surface area contributed by atoms with Crippen LogP contribution in [-0.4, -0.2) is 57.4 Å². The summed E-state index contributed by atoms with van der Waals surface area (Å²) in [5.41, 5.74) is 1.57. The smallest absolute Gasteiger partial charge is 0.309 e. The Morgan fingerprint density at radius 3 is 2.84 bits per heavy atom. The Morgan fingerprint density at radius 1 is 1.11 bits per heavy atom. The van der Waals surface area contributed by atoms with Crippen molar-refractivity contribution >= 4 is 33.7 Å². The Labute approximate surface area is 221 Å². The van der Waals surface area contributed by atoms with E-state index < -0.39 is 0 Å². The molecule has 9 heteroatoms. The molecule has 198 valence electrons. The highest BCUT2D eigenvalue weighted by Crippen LogP contribution is 2.37. The number of carbonyl (C=O) groups excluding carboxylic acids is 1. The molecule has 1 unspecified atom stereocenters. The number of aryl methyl sites for hydroxylation is 1. The Kier molecular flexibility index (Phi) is 6.74. The van der Waals surface area contributed by atoms with E-state index in [2.05, 4.69) is 38.1 Å². The summed E-state index contributed by atoms with van der Waals surface area (Å²) < 4.78 is 19.8. The predicted molar refractivity (Wildman–Crippen MR) is 145 cm³/mol. The van der Waals surface area contributed by atoms with Gasteiger partial charge < -0.3 is 23.7 Å². The molecule has 0 bridgehead atoms. The standard InChI is InChI=1S/C29H33N5O4/c1-19(2)38-24-10-9-20-6-3-4-8-23(20)26(24)37-16-22-7-5-13-34(22)28-25-27(30-17-31-28)33(18-32-25)14-11-21-12-15-36-29(21)35/h3-4,6,8-10,17-19,21-22H,5,7,11-16H2,1-2H3/t21?,22-/m1/s1. The lowest BCUT2D eigenvalue weighted by Crippen LogP contribution is -2.35. The number of anilines is 1. The summed E-state index contributed by atoms with van der Waals surface area (Å²) in [6.45, 7) is 6.62. The van der Waals surface area contributed by atoms with Crippen molar-refractivity contribution in [2.45, 2.75) is 58.2 Å². The maximum Gasteiger partial charge on any atom is 0.309 e. The summed E-state index contributed by atoms with van der Waals surface area (Å²) in [6, 6.07) is 12.5. The van der Waals surface area contributed by atoms with E-state index >= 15 is 0 Å². The second-order valence-corrected chi connectivity index (χ2v) is 10.3. The highest BCUT2D eigenvalue weighted by molar-refractivity contribution is 5.90. The van der Waals surface area contributed by atoms with Crippen molar-refractivity contribution in [1.82, 2.24) is 19.5 Å². The first-order valence-electron chi connectivity index (χ1n) is 13.5. The number of rotatable bonds is 9. The summed E-state index contributed by atoms with van der Waals surface area (Å²) in [7, 11) is 0. The van der Waals surface area contributed by atoms with Gasteiger partial charge in [0.15, 0.2) is 28.5 Å². The Morgan fingerprint density at radius 2 is 2.00 bits per heavy atom. The Balaban J connectivity index is 1.22. The normalized spacial score (nSPS) is 19.6. The predicted octanol–water partition coefficient (Wildman–Crippen LogP) is 4.77. The first-order valence-corrected chi connectivity index (χ1v) is 13.5. The number of carbonyl (C=O) groups is 1. The Bertz CT molecular complexity index is 1450. The highest BCUT2D eigenvalue weighted by atomic mass is 16.5. The third-order valence-corrected chi connectivity index (χ3v) is 7.42. The third-order valence-electron chi connectivity index (χ3n) is 7.42. The summed E-state index contributed by atoms with van der Waals surface area (Å²) in [5, 5.41) is 2.17. The first kappa shape index (κ1) is 24.5. The summed E-state index contributed by atoms with van der Waals surface area (Å²) in [6.07, 6.45) is 7.00. The van der Waals surface area contributed by atoms with Crippen LogP contribution in [0.3, 0.4) is 0 Å². The van der Waals surface area contributed by atoms with Crippen LogP contribution in [-0.2, 0) is 16.1 Å². The van der Waals surface area contributed by atoms with Gasteiger partial charge in [0.2, 0.25) is 0 Å². The molecule has 4 aromatic rings. The van der Waals surface area contributed by atoms with Crippen molar-refractivity contribution in [2.75, 3.05) is 24.7 Å². The summed E-state index contributed by atoms with van der Waals surface area (Å²) >= 11 is 0. The maximum absolute atomic E-state index is 11.9. The second kappa shape index (κ2) is 10.5. The van der Waals surface area contributed by atoms with E-state index in [1.54, 1.807) is 12.7 Å². The molecule has 2 aromatic heterocycles. The number of aromatic nitrogens is 4. The Hall–Kier alpha value is -3.88. The van der Waals surface area contributed by atoms with Crippen molar-refractivity contribution in [2.24, 2.45) is 5.92 Å². The molecular formula is C29H33N5O4. The van der Waals surface area contributed by atoms with Gasteiger partial charge in [-0.1, -0.05) is 30.3 Å². The van der Waals surface area contributed by atoms with Crippen molar-refractivity contribution in [3.05, 3.63) is 49.1 Å². The number of hydrogen-bond acceptors (Lipinski definition) is 8. The zero-order chi connectivity index (χ0) is 26.1. The van der Waals surface area contributed by atoms with Gasteiger partial charge in [-0.15, -0.1) is 0 Å². The SMILES string of the molecule is CC(C)Oc1ccc2ccccc2c1OC[C@H]1CCCN1c1ncnc2c1ncn2CCC1CCOC1=O. The molecule has 2 aliphatic rings. The summed E-state index contributed by atoms with van der Waals surface area (Å²) in [5.74, 6) is 2.23. The van der Waals surface area contributed by atoms with Gasteiger partial charge in [0.25, 0.3) is 0 Å². The molecule has 2 saturated heterocycles. The first-order chi connectivity index (χ1) is 18.6.